The van der Waals surface area contributed by atoms with Crippen LogP contribution in [0.15, 0.2) is 52.1 Å². The number of carboxylic acids is 1. The number of ketones is 1. The molecule has 20 heavy (non-hydrogen) atoms. The lowest BCUT2D eigenvalue weighted by Gasteiger charge is -2.04. The highest BCUT2D eigenvalue weighted by Crippen LogP contribution is 2.21. The zero-order valence-corrected chi connectivity index (χ0v) is 12.6. The van der Waals surface area contributed by atoms with Gasteiger partial charge in [0.1, 0.15) is 5.03 Å². The molecule has 0 saturated heterocycles. The van der Waals surface area contributed by atoms with E-state index in [2.05, 4.69) is 20.9 Å². The topological polar surface area (TPSA) is 67.3 Å². The van der Waals surface area contributed by atoms with Crippen molar-refractivity contribution in [3.05, 3.63) is 58.2 Å². The summed E-state index contributed by atoms with van der Waals surface area (Å²) in [6.45, 7) is 0. The van der Waals surface area contributed by atoms with E-state index in [-0.39, 0.29) is 17.1 Å². The van der Waals surface area contributed by atoms with Gasteiger partial charge in [-0.3, -0.25) is 4.79 Å². The number of carbonyl (C=O) groups is 2. The molecular formula is C14H10BrNO3S. The molecule has 0 fully saturated rings. The fourth-order valence-corrected chi connectivity index (χ4v) is 2.67. The van der Waals surface area contributed by atoms with Gasteiger partial charge in [0.2, 0.25) is 0 Å². The number of carboxylic acid groups (broad SMARTS) is 1. The average molecular weight is 352 g/mol. The van der Waals surface area contributed by atoms with Gasteiger partial charge in [0.25, 0.3) is 0 Å². The Kier molecular flexibility index (Phi) is 4.92. The van der Waals surface area contributed by atoms with Crippen LogP contribution in [0.1, 0.15) is 20.7 Å². The molecule has 0 aliphatic heterocycles. The largest absolute Gasteiger partial charge is 0.478 e. The quantitative estimate of drug-likeness (QED) is 0.659. The van der Waals surface area contributed by atoms with Gasteiger partial charge in [-0.15, -0.1) is 0 Å². The smallest absolute Gasteiger partial charge is 0.338 e. The SMILES string of the molecule is O=C(CSc1ncccc1C(=O)O)c1ccc(Br)cc1. The van der Waals surface area contributed by atoms with Crippen molar-refractivity contribution in [3.63, 3.8) is 0 Å². The first-order valence-corrected chi connectivity index (χ1v) is 7.45. The van der Waals surface area contributed by atoms with Gasteiger partial charge in [-0.25, -0.2) is 9.78 Å². The Hall–Kier alpha value is -1.66. The molecule has 4 nitrogen and oxygen atoms in total. The summed E-state index contributed by atoms with van der Waals surface area (Å²) in [5.74, 6) is -0.958. The van der Waals surface area contributed by atoms with Crippen molar-refractivity contribution in [3.8, 4) is 0 Å². The molecule has 6 heteroatoms. The molecule has 1 heterocycles. The molecule has 1 N–H and O–H groups in total. The van der Waals surface area contributed by atoms with Crippen LogP contribution < -0.4 is 0 Å². The highest BCUT2D eigenvalue weighted by atomic mass is 79.9. The maximum absolute atomic E-state index is 12.0. The summed E-state index contributed by atoms with van der Waals surface area (Å²) < 4.78 is 0.902. The summed E-state index contributed by atoms with van der Waals surface area (Å²) in [7, 11) is 0. The molecule has 1 aromatic carbocycles. The van der Waals surface area contributed by atoms with Crippen molar-refractivity contribution in [2.45, 2.75) is 5.03 Å². The predicted molar refractivity (Wildman–Crippen MR) is 80.4 cm³/mol. The lowest BCUT2D eigenvalue weighted by atomic mass is 10.2. The molecule has 0 aliphatic carbocycles. The number of benzene rings is 1. The van der Waals surface area contributed by atoms with Gasteiger partial charge < -0.3 is 5.11 Å². The van der Waals surface area contributed by atoms with Crippen molar-refractivity contribution < 1.29 is 14.7 Å². The number of nitrogens with zero attached hydrogens (tertiary/aromatic N) is 1. The lowest BCUT2D eigenvalue weighted by Crippen LogP contribution is -2.05. The van der Waals surface area contributed by atoms with Gasteiger partial charge in [-0.2, -0.15) is 0 Å². The van der Waals surface area contributed by atoms with E-state index >= 15 is 0 Å². The summed E-state index contributed by atoms with van der Waals surface area (Å²) >= 11 is 4.43. The Balaban J connectivity index is 2.07. The minimum Gasteiger partial charge on any atom is -0.478 e. The number of halogens is 1. The summed E-state index contributed by atoms with van der Waals surface area (Å²) in [5.41, 5.74) is 0.703. The molecule has 0 atom stereocenters. The second-order valence-electron chi connectivity index (χ2n) is 3.88. The minimum atomic E-state index is -1.04. The summed E-state index contributed by atoms with van der Waals surface area (Å²) in [6.07, 6.45) is 1.51. The van der Waals surface area contributed by atoms with Crippen molar-refractivity contribution >= 4 is 39.4 Å². The second-order valence-corrected chi connectivity index (χ2v) is 5.76. The number of hydrogen-bond donors (Lipinski definition) is 1. The van der Waals surface area contributed by atoms with Crippen LogP contribution in [-0.2, 0) is 0 Å². The number of carbonyl (C=O) groups excluding carboxylic acids is 1. The van der Waals surface area contributed by atoms with E-state index < -0.39 is 5.97 Å². The highest BCUT2D eigenvalue weighted by Gasteiger charge is 2.13. The van der Waals surface area contributed by atoms with Crippen molar-refractivity contribution in [1.82, 2.24) is 4.98 Å². The van der Waals surface area contributed by atoms with E-state index in [4.69, 9.17) is 5.11 Å². The van der Waals surface area contributed by atoms with E-state index in [9.17, 15) is 9.59 Å². The maximum Gasteiger partial charge on any atom is 0.338 e. The molecule has 2 aromatic rings. The number of hydrogen-bond acceptors (Lipinski definition) is 4. The van der Waals surface area contributed by atoms with Gasteiger partial charge >= 0.3 is 5.97 Å². The van der Waals surface area contributed by atoms with E-state index in [0.717, 1.165) is 16.2 Å². The van der Waals surface area contributed by atoms with Crippen LogP contribution in [0.3, 0.4) is 0 Å². The van der Waals surface area contributed by atoms with Crippen LogP contribution in [0.2, 0.25) is 0 Å². The predicted octanol–water partition coefficient (Wildman–Crippen LogP) is 3.52. The van der Waals surface area contributed by atoms with Crippen LogP contribution in [-0.4, -0.2) is 27.6 Å². The Morgan fingerprint density at radius 1 is 1.20 bits per heavy atom. The molecule has 0 aliphatic rings. The number of thioether (sulfide) groups is 1. The third kappa shape index (κ3) is 3.68. The van der Waals surface area contributed by atoms with Gasteiger partial charge in [-0.05, 0) is 24.3 Å². The molecule has 0 bridgehead atoms. The fourth-order valence-electron chi connectivity index (χ4n) is 1.52. The first kappa shape index (κ1) is 14.7. The highest BCUT2D eigenvalue weighted by molar-refractivity contribution is 9.10. The Morgan fingerprint density at radius 3 is 2.55 bits per heavy atom. The van der Waals surface area contributed by atoms with E-state index in [0.29, 0.717) is 10.6 Å². The van der Waals surface area contributed by atoms with Crippen molar-refractivity contribution in [1.29, 1.82) is 0 Å². The molecule has 1 aromatic heterocycles. The Bertz CT molecular complexity index is 643. The molecule has 0 spiro atoms. The van der Waals surface area contributed by atoms with E-state index in [1.165, 1.54) is 12.3 Å². The van der Waals surface area contributed by atoms with Crippen LogP contribution >= 0.6 is 27.7 Å². The number of rotatable bonds is 5. The van der Waals surface area contributed by atoms with Crippen molar-refractivity contribution in [2.75, 3.05) is 5.75 Å². The summed E-state index contributed by atoms with van der Waals surface area (Å²) in [4.78, 5) is 27.0. The normalized spacial score (nSPS) is 10.2. The number of Topliss-reactive ketones (excluding diaryl/α,β-unsaturated/α-hetero) is 1. The molecule has 2 rings (SSSR count). The van der Waals surface area contributed by atoms with Gasteiger partial charge in [0.05, 0.1) is 11.3 Å². The Morgan fingerprint density at radius 2 is 1.90 bits per heavy atom. The summed E-state index contributed by atoms with van der Waals surface area (Å²) in [6, 6.07) is 10.1. The van der Waals surface area contributed by atoms with Crippen LogP contribution in [0, 0.1) is 0 Å². The van der Waals surface area contributed by atoms with Gasteiger partial charge in [0.15, 0.2) is 5.78 Å². The summed E-state index contributed by atoms with van der Waals surface area (Å²) in [5, 5.41) is 9.39. The fraction of sp³-hybridized carbons (Fsp3) is 0.0714. The standard InChI is InChI=1S/C14H10BrNO3S/c15-10-5-3-9(4-6-10)12(17)8-20-13-11(14(18)19)2-1-7-16-13/h1-7H,8H2,(H,18,19). The maximum atomic E-state index is 12.0. The number of aromatic carboxylic acids is 1. The van der Waals surface area contributed by atoms with Crippen LogP contribution in [0.5, 0.6) is 0 Å². The first-order chi connectivity index (χ1) is 9.58. The molecule has 0 saturated carbocycles. The Labute approximate surface area is 128 Å². The van der Waals surface area contributed by atoms with Crippen LogP contribution in [0.4, 0.5) is 0 Å². The van der Waals surface area contributed by atoms with Gasteiger partial charge in [0, 0.05) is 16.2 Å². The van der Waals surface area contributed by atoms with Crippen LogP contribution in [0.25, 0.3) is 0 Å². The van der Waals surface area contributed by atoms with Gasteiger partial charge in [-0.1, -0.05) is 39.8 Å². The zero-order valence-electron chi connectivity index (χ0n) is 10.2. The van der Waals surface area contributed by atoms with Crippen molar-refractivity contribution in [2.24, 2.45) is 0 Å². The van der Waals surface area contributed by atoms with E-state index in [1.54, 1.807) is 30.3 Å². The third-order valence-corrected chi connectivity index (χ3v) is 4.04. The minimum absolute atomic E-state index is 0.0653. The molecule has 0 radical (unpaired) electrons. The molecule has 0 unspecified atom stereocenters. The second kappa shape index (κ2) is 6.67. The zero-order chi connectivity index (χ0) is 14.5. The molecule has 102 valence electrons. The first-order valence-electron chi connectivity index (χ1n) is 5.68. The average Bonchev–Trinajstić information content (AvgIpc) is 2.45. The van der Waals surface area contributed by atoms with E-state index in [1.807, 2.05) is 0 Å². The molecule has 0 amide bonds. The molecular weight excluding hydrogens is 342 g/mol. The third-order valence-electron chi connectivity index (χ3n) is 2.51. The number of aromatic nitrogens is 1. The monoisotopic (exact) mass is 351 g/mol. The lowest BCUT2D eigenvalue weighted by molar-refractivity contribution is 0.0692. The number of pyridine rings is 1.